The quantitative estimate of drug-likeness (QED) is 0.713. The number of carbonyl (C=O) groups is 1. The van der Waals surface area contributed by atoms with E-state index >= 15 is 0 Å². The van der Waals surface area contributed by atoms with Gasteiger partial charge < -0.3 is 24.7 Å². The zero-order valence-corrected chi connectivity index (χ0v) is 16.3. The first-order valence-corrected chi connectivity index (χ1v) is 9.66. The van der Waals surface area contributed by atoms with Gasteiger partial charge in [-0.15, -0.1) is 0 Å². The van der Waals surface area contributed by atoms with Crippen LogP contribution in [0.1, 0.15) is 15.9 Å². The summed E-state index contributed by atoms with van der Waals surface area (Å²) >= 11 is 0. The lowest BCUT2D eigenvalue weighted by Crippen LogP contribution is -2.47. The van der Waals surface area contributed by atoms with Crippen LogP contribution in [0.3, 0.4) is 0 Å². The van der Waals surface area contributed by atoms with Gasteiger partial charge in [0.1, 0.15) is 17.2 Å². The topological polar surface area (TPSA) is 73.2 Å². The predicted molar refractivity (Wildman–Crippen MR) is 111 cm³/mol. The molecule has 0 unspecified atom stereocenters. The van der Waals surface area contributed by atoms with Crippen LogP contribution in [0.5, 0.6) is 17.2 Å². The van der Waals surface area contributed by atoms with Gasteiger partial charge in [-0.25, -0.2) is 0 Å². The van der Waals surface area contributed by atoms with Crippen molar-refractivity contribution in [1.29, 1.82) is 0 Å². The van der Waals surface area contributed by atoms with Crippen LogP contribution in [0.25, 0.3) is 10.8 Å². The number of hydrogen-bond acceptors (Lipinski definition) is 5. The van der Waals surface area contributed by atoms with Gasteiger partial charge in [0.05, 0.1) is 6.61 Å². The molecule has 1 heterocycles. The Morgan fingerprint density at radius 2 is 1.66 bits per heavy atom. The number of hydrogen-bond donors (Lipinski definition) is 2. The molecule has 3 aromatic carbocycles. The van der Waals surface area contributed by atoms with E-state index < -0.39 is 0 Å². The highest BCUT2D eigenvalue weighted by molar-refractivity contribution is 5.94. The molecule has 2 N–H and O–H groups in total. The van der Waals surface area contributed by atoms with E-state index in [1.54, 1.807) is 42.5 Å². The number of rotatable bonds is 4. The third kappa shape index (κ3) is 4.04. The molecule has 0 saturated carbocycles. The van der Waals surface area contributed by atoms with Crippen molar-refractivity contribution in [2.75, 3.05) is 33.2 Å². The van der Waals surface area contributed by atoms with Crippen molar-refractivity contribution in [3.8, 4) is 17.2 Å². The molecule has 6 nitrogen and oxygen atoms in total. The lowest BCUT2D eigenvalue weighted by Gasteiger charge is -2.32. The summed E-state index contributed by atoms with van der Waals surface area (Å²) in [5, 5.41) is 21.0. The number of aliphatic hydroxyl groups excluding tert-OH is 1. The minimum absolute atomic E-state index is 0.0479. The average molecular weight is 392 g/mol. The van der Waals surface area contributed by atoms with Crippen LogP contribution >= 0.6 is 0 Å². The largest absolute Gasteiger partial charge is 0.508 e. The van der Waals surface area contributed by atoms with Crippen LogP contribution < -0.4 is 4.74 Å². The number of amides is 1. The highest BCUT2D eigenvalue weighted by atomic mass is 16.5. The molecular formula is C23H24N2O4. The maximum absolute atomic E-state index is 12.6. The van der Waals surface area contributed by atoms with Gasteiger partial charge in [0, 0.05) is 37.3 Å². The summed E-state index contributed by atoms with van der Waals surface area (Å²) in [6.45, 7) is 3.05. The molecule has 0 aromatic heterocycles. The normalized spacial score (nSPS) is 14.9. The average Bonchev–Trinajstić information content (AvgIpc) is 2.74. The van der Waals surface area contributed by atoms with Gasteiger partial charge in [-0.1, -0.05) is 12.1 Å². The Labute approximate surface area is 169 Å². The van der Waals surface area contributed by atoms with Crippen molar-refractivity contribution in [3.63, 3.8) is 0 Å². The molecule has 0 bridgehead atoms. The zero-order chi connectivity index (χ0) is 20.4. The highest BCUT2D eigenvalue weighted by Crippen LogP contribution is 2.31. The number of likely N-dealkylation sites (N-methyl/N-ethyl adjacent to an activating group) is 1. The number of benzene rings is 3. The fourth-order valence-electron chi connectivity index (χ4n) is 3.58. The van der Waals surface area contributed by atoms with Crippen molar-refractivity contribution in [2.45, 2.75) is 6.61 Å². The lowest BCUT2D eigenvalue weighted by molar-refractivity contribution is 0.0664. The van der Waals surface area contributed by atoms with E-state index in [0.29, 0.717) is 22.6 Å². The third-order valence-electron chi connectivity index (χ3n) is 5.36. The molecule has 4 rings (SSSR count). The van der Waals surface area contributed by atoms with E-state index in [0.717, 1.165) is 37.0 Å². The van der Waals surface area contributed by atoms with Gasteiger partial charge in [0.2, 0.25) is 0 Å². The Bertz CT molecular complexity index is 1020. The predicted octanol–water partition coefficient (Wildman–Crippen LogP) is 3.22. The Kier molecular flexibility index (Phi) is 5.38. The molecule has 1 aliphatic rings. The smallest absolute Gasteiger partial charge is 0.253 e. The standard InChI is InChI=1S/C23H24N2O4/c1-24-10-12-25(13-11-24)23(28)16-2-5-18(6-3-16)29-19-7-8-20-17(14-19)4-9-22(27)21(20)15-26/h2-9,14,26-27H,10-13,15H2,1H3. The van der Waals surface area contributed by atoms with Crippen molar-refractivity contribution < 1.29 is 19.7 Å². The summed E-state index contributed by atoms with van der Waals surface area (Å²) in [6, 6.07) is 16.0. The molecular weight excluding hydrogens is 368 g/mol. The van der Waals surface area contributed by atoms with E-state index in [4.69, 9.17) is 4.74 Å². The molecule has 0 radical (unpaired) electrons. The van der Waals surface area contributed by atoms with Gasteiger partial charge in [-0.05, 0) is 60.3 Å². The third-order valence-corrected chi connectivity index (χ3v) is 5.36. The molecule has 6 heteroatoms. The molecule has 1 fully saturated rings. The SMILES string of the molecule is CN1CCN(C(=O)c2ccc(Oc3ccc4c(CO)c(O)ccc4c3)cc2)CC1. The van der Waals surface area contributed by atoms with Gasteiger partial charge in [0.15, 0.2) is 0 Å². The molecule has 150 valence electrons. The maximum Gasteiger partial charge on any atom is 0.253 e. The first-order chi connectivity index (χ1) is 14.0. The minimum Gasteiger partial charge on any atom is -0.508 e. The summed E-state index contributed by atoms with van der Waals surface area (Å²) in [6.07, 6.45) is 0. The minimum atomic E-state index is -0.230. The highest BCUT2D eigenvalue weighted by Gasteiger charge is 2.20. The van der Waals surface area contributed by atoms with Crippen LogP contribution in [0.15, 0.2) is 54.6 Å². The molecule has 29 heavy (non-hydrogen) atoms. The van der Waals surface area contributed by atoms with Crippen molar-refractivity contribution in [3.05, 3.63) is 65.7 Å². The van der Waals surface area contributed by atoms with Crippen LogP contribution in [0, 0.1) is 0 Å². The molecule has 1 saturated heterocycles. The van der Waals surface area contributed by atoms with Crippen molar-refractivity contribution in [2.24, 2.45) is 0 Å². The van der Waals surface area contributed by atoms with Gasteiger partial charge in [-0.3, -0.25) is 4.79 Å². The van der Waals surface area contributed by atoms with E-state index in [9.17, 15) is 15.0 Å². The number of fused-ring (bicyclic) bond motifs is 1. The van der Waals surface area contributed by atoms with Gasteiger partial charge in [-0.2, -0.15) is 0 Å². The summed E-state index contributed by atoms with van der Waals surface area (Å²) < 4.78 is 5.93. The van der Waals surface area contributed by atoms with Crippen molar-refractivity contribution >= 4 is 16.7 Å². The molecule has 0 spiro atoms. The molecule has 3 aromatic rings. The van der Waals surface area contributed by atoms with E-state index in [-0.39, 0.29) is 18.3 Å². The van der Waals surface area contributed by atoms with Crippen LogP contribution in [-0.2, 0) is 6.61 Å². The number of nitrogens with zero attached hydrogens (tertiary/aromatic N) is 2. The van der Waals surface area contributed by atoms with Gasteiger partial charge in [0.25, 0.3) is 5.91 Å². The Morgan fingerprint density at radius 3 is 2.34 bits per heavy atom. The van der Waals surface area contributed by atoms with E-state index in [1.807, 2.05) is 17.0 Å². The molecule has 1 amide bonds. The number of ether oxygens (including phenoxy) is 1. The van der Waals surface area contributed by atoms with Crippen LogP contribution in [0.2, 0.25) is 0 Å². The van der Waals surface area contributed by atoms with Crippen LogP contribution in [0.4, 0.5) is 0 Å². The Hall–Kier alpha value is -3.09. The molecule has 1 aliphatic heterocycles. The second-order valence-electron chi connectivity index (χ2n) is 7.33. The number of piperazine rings is 1. The fraction of sp³-hybridized carbons (Fsp3) is 0.261. The number of phenols is 1. The Morgan fingerprint density at radius 1 is 0.966 bits per heavy atom. The zero-order valence-electron chi connectivity index (χ0n) is 16.3. The Balaban J connectivity index is 1.48. The first-order valence-electron chi connectivity index (χ1n) is 9.66. The molecule has 0 aliphatic carbocycles. The van der Waals surface area contributed by atoms with Gasteiger partial charge >= 0.3 is 0 Å². The fourth-order valence-corrected chi connectivity index (χ4v) is 3.58. The maximum atomic E-state index is 12.6. The molecule has 0 atom stereocenters. The summed E-state index contributed by atoms with van der Waals surface area (Å²) in [5.41, 5.74) is 1.16. The monoisotopic (exact) mass is 392 g/mol. The van der Waals surface area contributed by atoms with Crippen LogP contribution in [-0.4, -0.2) is 59.1 Å². The summed E-state index contributed by atoms with van der Waals surface area (Å²) in [5.74, 6) is 1.41. The second-order valence-corrected chi connectivity index (χ2v) is 7.33. The second kappa shape index (κ2) is 8.11. The summed E-state index contributed by atoms with van der Waals surface area (Å²) in [4.78, 5) is 16.7. The summed E-state index contributed by atoms with van der Waals surface area (Å²) in [7, 11) is 2.06. The number of aromatic hydroxyl groups is 1. The number of carbonyl (C=O) groups excluding carboxylic acids is 1. The van der Waals surface area contributed by atoms with E-state index in [2.05, 4.69) is 11.9 Å². The van der Waals surface area contributed by atoms with Crippen molar-refractivity contribution in [1.82, 2.24) is 9.80 Å². The van der Waals surface area contributed by atoms with E-state index in [1.165, 1.54) is 0 Å². The number of aliphatic hydroxyl groups is 1. The lowest BCUT2D eigenvalue weighted by atomic mass is 10.0. The first kappa shape index (κ1) is 19.2.